The molecule has 0 aliphatic carbocycles. The summed E-state index contributed by atoms with van der Waals surface area (Å²) in [5.74, 6) is 0.961. The highest BCUT2D eigenvalue weighted by Crippen LogP contribution is 2.34. The van der Waals surface area contributed by atoms with Crippen molar-refractivity contribution < 1.29 is 13.2 Å². The highest BCUT2D eigenvalue weighted by atomic mass is 35.5. The van der Waals surface area contributed by atoms with Crippen LogP contribution in [0.3, 0.4) is 0 Å². The molecule has 0 aliphatic rings. The van der Waals surface area contributed by atoms with Crippen LogP contribution in [0.15, 0.2) is 41.6 Å². The Balaban J connectivity index is 1.69. The van der Waals surface area contributed by atoms with E-state index in [1.54, 1.807) is 22.9 Å². The van der Waals surface area contributed by atoms with Crippen LogP contribution in [0.4, 0.5) is 13.2 Å². The molecule has 11 heteroatoms. The van der Waals surface area contributed by atoms with Crippen LogP contribution in [-0.2, 0) is 12.7 Å². The molecule has 2 heterocycles. The normalized spacial score (nSPS) is 11.7. The van der Waals surface area contributed by atoms with Crippen molar-refractivity contribution in [1.29, 1.82) is 0 Å². The van der Waals surface area contributed by atoms with Crippen molar-refractivity contribution in [3.63, 3.8) is 0 Å². The Morgan fingerprint density at radius 3 is 2.58 bits per heavy atom. The Morgan fingerprint density at radius 2 is 1.88 bits per heavy atom. The molecule has 2 aromatic heterocycles. The Bertz CT molecular complexity index is 916. The van der Waals surface area contributed by atoms with Gasteiger partial charge in [0.1, 0.15) is 5.03 Å². The lowest BCUT2D eigenvalue weighted by Gasteiger charge is -2.09. The number of hydrogen-bond acceptors (Lipinski definition) is 5. The van der Waals surface area contributed by atoms with Crippen LogP contribution < -0.4 is 0 Å². The molecule has 136 valence electrons. The molecule has 0 bridgehead atoms. The van der Waals surface area contributed by atoms with Crippen molar-refractivity contribution in [3.8, 4) is 11.4 Å². The number of benzene rings is 1. The molecule has 0 spiro atoms. The summed E-state index contributed by atoms with van der Waals surface area (Å²) in [6, 6.07) is 8.01. The standard InChI is InChI=1S/C15H10Cl2F3N5S/c16-11-4-2-1-3-10(11)13-22-23-24-25(13)5-6-26-14-12(17)7-9(8-21-14)15(18,19)20/h1-4,7-8H,5-6H2. The van der Waals surface area contributed by atoms with E-state index in [9.17, 15) is 13.2 Å². The molecule has 1 aromatic carbocycles. The quantitative estimate of drug-likeness (QED) is 0.553. The molecule has 3 aromatic rings. The number of aromatic nitrogens is 5. The molecular formula is C15H10Cl2F3N5S. The Hall–Kier alpha value is -1.84. The number of tetrazole rings is 1. The Labute approximate surface area is 160 Å². The lowest BCUT2D eigenvalue weighted by atomic mass is 10.2. The molecule has 0 saturated carbocycles. The third kappa shape index (κ3) is 4.28. The average molecular weight is 420 g/mol. The van der Waals surface area contributed by atoms with E-state index in [2.05, 4.69) is 20.5 Å². The highest BCUT2D eigenvalue weighted by molar-refractivity contribution is 7.99. The van der Waals surface area contributed by atoms with E-state index in [1.807, 2.05) is 6.07 Å². The van der Waals surface area contributed by atoms with Gasteiger partial charge in [-0.05, 0) is 28.6 Å². The van der Waals surface area contributed by atoms with Crippen molar-refractivity contribution >= 4 is 35.0 Å². The zero-order valence-corrected chi connectivity index (χ0v) is 15.2. The van der Waals surface area contributed by atoms with Crippen molar-refractivity contribution in [3.05, 3.63) is 52.1 Å². The number of aryl methyl sites for hydroxylation is 1. The van der Waals surface area contributed by atoms with Gasteiger partial charge in [-0.3, -0.25) is 0 Å². The van der Waals surface area contributed by atoms with Gasteiger partial charge in [-0.2, -0.15) is 13.2 Å². The van der Waals surface area contributed by atoms with Gasteiger partial charge in [-0.25, -0.2) is 9.67 Å². The summed E-state index contributed by atoms with van der Waals surface area (Å²) in [7, 11) is 0. The molecule has 0 N–H and O–H groups in total. The maximum atomic E-state index is 12.6. The second kappa shape index (κ2) is 7.81. The zero-order chi connectivity index (χ0) is 18.7. The third-order valence-corrected chi connectivity index (χ3v) is 5.04. The van der Waals surface area contributed by atoms with E-state index in [1.165, 1.54) is 11.8 Å². The first-order valence-corrected chi connectivity index (χ1v) is 8.97. The summed E-state index contributed by atoms with van der Waals surface area (Å²) in [6.45, 7) is 0.400. The smallest absolute Gasteiger partial charge is 0.248 e. The van der Waals surface area contributed by atoms with Crippen molar-refractivity contribution in [1.82, 2.24) is 25.2 Å². The van der Waals surface area contributed by atoms with E-state index in [0.29, 0.717) is 33.7 Å². The van der Waals surface area contributed by atoms with Crippen molar-refractivity contribution in [2.24, 2.45) is 0 Å². The zero-order valence-electron chi connectivity index (χ0n) is 12.9. The number of pyridine rings is 1. The van der Waals surface area contributed by atoms with Crippen LogP contribution in [0.25, 0.3) is 11.4 Å². The van der Waals surface area contributed by atoms with Gasteiger partial charge in [-0.1, -0.05) is 35.3 Å². The number of rotatable bonds is 5. The van der Waals surface area contributed by atoms with E-state index in [0.717, 1.165) is 12.3 Å². The number of halogens is 5. The molecule has 0 fully saturated rings. The largest absolute Gasteiger partial charge is 0.417 e. The minimum atomic E-state index is -4.48. The highest BCUT2D eigenvalue weighted by Gasteiger charge is 2.31. The van der Waals surface area contributed by atoms with E-state index >= 15 is 0 Å². The van der Waals surface area contributed by atoms with Crippen LogP contribution in [0.1, 0.15) is 5.56 Å². The third-order valence-electron chi connectivity index (χ3n) is 3.32. The monoisotopic (exact) mass is 419 g/mol. The first-order chi connectivity index (χ1) is 12.4. The van der Waals surface area contributed by atoms with Gasteiger partial charge < -0.3 is 0 Å². The molecule has 3 rings (SSSR count). The minimum absolute atomic E-state index is 0.0483. The van der Waals surface area contributed by atoms with Crippen molar-refractivity contribution in [2.45, 2.75) is 17.7 Å². The summed E-state index contributed by atoms with van der Waals surface area (Å²) >= 11 is 13.3. The number of thioether (sulfide) groups is 1. The van der Waals surface area contributed by atoms with Crippen LogP contribution in [0.2, 0.25) is 10.0 Å². The summed E-state index contributed by atoms with van der Waals surface area (Å²) < 4.78 is 39.5. The van der Waals surface area contributed by atoms with Crippen LogP contribution in [0.5, 0.6) is 0 Å². The summed E-state index contributed by atoms with van der Waals surface area (Å²) in [6.07, 6.45) is -3.71. The fourth-order valence-electron chi connectivity index (χ4n) is 2.11. The number of hydrogen-bond donors (Lipinski definition) is 0. The second-order valence-electron chi connectivity index (χ2n) is 5.06. The van der Waals surface area contributed by atoms with Gasteiger partial charge in [0.15, 0.2) is 5.82 Å². The SMILES string of the molecule is FC(F)(F)c1cnc(SCCn2nnnc2-c2ccccc2Cl)c(Cl)c1. The van der Waals surface area contributed by atoms with Crippen LogP contribution in [0, 0.1) is 0 Å². The van der Waals surface area contributed by atoms with Gasteiger partial charge in [0.05, 0.1) is 22.2 Å². The molecule has 0 atom stereocenters. The molecular weight excluding hydrogens is 410 g/mol. The minimum Gasteiger partial charge on any atom is -0.248 e. The van der Waals surface area contributed by atoms with Gasteiger partial charge in [0.2, 0.25) is 0 Å². The van der Waals surface area contributed by atoms with Crippen molar-refractivity contribution in [2.75, 3.05) is 5.75 Å². The average Bonchev–Trinajstić information content (AvgIpc) is 3.04. The summed E-state index contributed by atoms with van der Waals surface area (Å²) in [4.78, 5) is 3.79. The lowest BCUT2D eigenvalue weighted by Crippen LogP contribution is -2.07. The van der Waals surface area contributed by atoms with E-state index in [4.69, 9.17) is 23.2 Å². The lowest BCUT2D eigenvalue weighted by molar-refractivity contribution is -0.137. The van der Waals surface area contributed by atoms with E-state index < -0.39 is 11.7 Å². The molecule has 0 saturated heterocycles. The molecule has 0 aliphatic heterocycles. The van der Waals surface area contributed by atoms with Gasteiger partial charge in [-0.15, -0.1) is 16.9 Å². The summed E-state index contributed by atoms with van der Waals surface area (Å²) in [5, 5.41) is 12.3. The number of alkyl halides is 3. The Kier molecular flexibility index (Phi) is 5.69. The first-order valence-electron chi connectivity index (χ1n) is 7.23. The predicted molar refractivity (Wildman–Crippen MR) is 93.2 cm³/mol. The molecule has 0 amide bonds. The molecule has 0 radical (unpaired) electrons. The van der Waals surface area contributed by atoms with Gasteiger partial charge in [0, 0.05) is 17.5 Å². The molecule has 0 unspecified atom stereocenters. The topological polar surface area (TPSA) is 56.5 Å². The maximum Gasteiger partial charge on any atom is 0.417 e. The summed E-state index contributed by atoms with van der Waals surface area (Å²) in [5.41, 5.74) is -0.191. The maximum absolute atomic E-state index is 12.6. The first kappa shape index (κ1) is 18.9. The Morgan fingerprint density at radius 1 is 1.12 bits per heavy atom. The van der Waals surface area contributed by atoms with Crippen LogP contribution in [-0.4, -0.2) is 30.9 Å². The van der Waals surface area contributed by atoms with Gasteiger partial charge >= 0.3 is 6.18 Å². The second-order valence-corrected chi connectivity index (χ2v) is 6.96. The number of nitrogens with zero attached hydrogens (tertiary/aromatic N) is 5. The van der Waals surface area contributed by atoms with Crippen LogP contribution >= 0.6 is 35.0 Å². The molecule has 26 heavy (non-hydrogen) atoms. The molecule has 5 nitrogen and oxygen atoms in total. The fourth-order valence-corrected chi connectivity index (χ4v) is 3.44. The predicted octanol–water partition coefficient (Wildman–Crippen LogP) is 4.85. The van der Waals surface area contributed by atoms with E-state index in [-0.39, 0.29) is 5.02 Å². The van der Waals surface area contributed by atoms with Gasteiger partial charge in [0.25, 0.3) is 0 Å². The fraction of sp³-hybridized carbons (Fsp3) is 0.200.